The van der Waals surface area contributed by atoms with Gasteiger partial charge in [-0.05, 0) is 73.8 Å². The molecule has 0 fully saturated rings. The van der Waals surface area contributed by atoms with Crippen LogP contribution < -0.4 is 0 Å². The van der Waals surface area contributed by atoms with Crippen LogP contribution in [-0.4, -0.2) is 10.8 Å². The van der Waals surface area contributed by atoms with E-state index in [2.05, 4.69) is 158 Å². The number of carbonyl (C=O) groups excluding carboxylic acids is 1. The first-order valence-corrected chi connectivity index (χ1v) is 17.4. The summed E-state index contributed by atoms with van der Waals surface area (Å²) in [6.07, 6.45) is 0. The molecule has 1 heterocycles. The number of hydrogen-bond donors (Lipinski definition) is 0. The number of benzene rings is 7. The predicted octanol–water partition coefficient (Wildman–Crippen LogP) is 11.7. The molecular formula is C49H31NO. The third-order valence-electron chi connectivity index (χ3n) is 10.7. The zero-order valence-corrected chi connectivity index (χ0v) is 27.8. The van der Waals surface area contributed by atoms with Crippen LogP contribution in [-0.2, 0) is 5.41 Å². The molecule has 0 radical (unpaired) electrons. The summed E-state index contributed by atoms with van der Waals surface area (Å²) in [5, 5.41) is 0. The second-order valence-electron chi connectivity index (χ2n) is 13.4. The van der Waals surface area contributed by atoms with Gasteiger partial charge >= 0.3 is 0 Å². The highest BCUT2D eigenvalue weighted by molar-refractivity contribution is 6.15. The summed E-state index contributed by atoms with van der Waals surface area (Å²) in [7, 11) is 0. The fourth-order valence-corrected chi connectivity index (χ4v) is 8.53. The lowest BCUT2D eigenvalue weighted by Gasteiger charge is -2.39. The molecule has 8 aromatic rings. The fraction of sp³-hybridized carbons (Fsp3) is 0.0204. The van der Waals surface area contributed by atoms with Crippen molar-refractivity contribution < 1.29 is 4.79 Å². The first kappa shape index (κ1) is 29.3. The van der Waals surface area contributed by atoms with Crippen LogP contribution in [0, 0.1) is 0 Å². The number of pyridine rings is 1. The topological polar surface area (TPSA) is 30.0 Å². The van der Waals surface area contributed by atoms with Gasteiger partial charge in [-0.25, -0.2) is 4.98 Å². The maximum Gasteiger partial charge on any atom is 0.193 e. The summed E-state index contributed by atoms with van der Waals surface area (Å²) in [6.45, 7) is 0. The van der Waals surface area contributed by atoms with Crippen LogP contribution in [0.1, 0.15) is 38.2 Å². The van der Waals surface area contributed by atoms with Crippen molar-refractivity contribution in [1.29, 1.82) is 0 Å². The van der Waals surface area contributed by atoms with E-state index in [0.29, 0.717) is 0 Å². The molecule has 7 aromatic carbocycles. The molecule has 0 amide bonds. The molecule has 0 atom stereocenters. The Morgan fingerprint density at radius 2 is 0.784 bits per heavy atom. The van der Waals surface area contributed by atoms with Gasteiger partial charge < -0.3 is 0 Å². The van der Waals surface area contributed by atoms with E-state index in [0.717, 1.165) is 61.5 Å². The van der Waals surface area contributed by atoms with Crippen molar-refractivity contribution in [2.75, 3.05) is 0 Å². The average molecular weight is 650 g/mol. The van der Waals surface area contributed by atoms with Crippen molar-refractivity contribution in [1.82, 2.24) is 4.98 Å². The minimum absolute atomic E-state index is 0.0773. The van der Waals surface area contributed by atoms with Crippen LogP contribution in [0.5, 0.6) is 0 Å². The molecule has 2 heteroatoms. The quantitative estimate of drug-likeness (QED) is 0.190. The van der Waals surface area contributed by atoms with Gasteiger partial charge in [0.05, 0.1) is 16.8 Å². The van der Waals surface area contributed by atoms with Crippen LogP contribution >= 0.6 is 0 Å². The van der Waals surface area contributed by atoms with Crippen molar-refractivity contribution in [2.24, 2.45) is 0 Å². The Kier molecular flexibility index (Phi) is 6.59. The first-order chi connectivity index (χ1) is 25.2. The largest absolute Gasteiger partial charge is 0.289 e. The van der Waals surface area contributed by atoms with Crippen LogP contribution in [0.3, 0.4) is 0 Å². The van der Waals surface area contributed by atoms with E-state index >= 15 is 0 Å². The van der Waals surface area contributed by atoms with Gasteiger partial charge in [-0.15, -0.1) is 0 Å². The fourth-order valence-electron chi connectivity index (χ4n) is 8.53. The molecule has 1 aromatic heterocycles. The summed E-state index contributed by atoms with van der Waals surface area (Å²) in [6, 6.07) is 65.9. The van der Waals surface area contributed by atoms with Gasteiger partial charge in [0.1, 0.15) is 0 Å². The molecule has 10 rings (SSSR count). The number of aromatic nitrogens is 1. The van der Waals surface area contributed by atoms with E-state index in [1.54, 1.807) is 0 Å². The Balaban J connectivity index is 1.26. The van der Waals surface area contributed by atoms with Crippen LogP contribution in [0.2, 0.25) is 0 Å². The van der Waals surface area contributed by atoms with Gasteiger partial charge in [-0.1, -0.05) is 170 Å². The number of ketones is 1. The van der Waals surface area contributed by atoms with E-state index in [1.807, 2.05) is 30.3 Å². The highest BCUT2D eigenvalue weighted by Crippen LogP contribution is 2.60. The number of fused-ring (bicyclic) bond motifs is 9. The summed E-state index contributed by atoms with van der Waals surface area (Å²) < 4.78 is 0. The molecule has 0 saturated carbocycles. The minimum Gasteiger partial charge on any atom is -0.289 e. The number of nitrogens with zero attached hydrogens (tertiary/aromatic N) is 1. The Bertz CT molecular complexity index is 2610. The molecule has 0 unspecified atom stereocenters. The van der Waals surface area contributed by atoms with Crippen LogP contribution in [0.4, 0.5) is 0 Å². The van der Waals surface area contributed by atoms with Gasteiger partial charge in [0.25, 0.3) is 0 Å². The lowest BCUT2D eigenvalue weighted by atomic mass is 9.61. The predicted molar refractivity (Wildman–Crippen MR) is 207 cm³/mol. The Morgan fingerprint density at radius 1 is 0.333 bits per heavy atom. The Labute approximate surface area is 297 Å². The summed E-state index contributed by atoms with van der Waals surface area (Å²) >= 11 is 0. The zero-order chi connectivity index (χ0) is 33.9. The van der Waals surface area contributed by atoms with Gasteiger partial charge in [-0.3, -0.25) is 4.79 Å². The third kappa shape index (κ3) is 4.36. The van der Waals surface area contributed by atoms with Gasteiger partial charge in [-0.2, -0.15) is 0 Å². The molecule has 2 aliphatic rings. The highest BCUT2D eigenvalue weighted by Gasteiger charge is 2.52. The summed E-state index contributed by atoms with van der Waals surface area (Å²) in [5.74, 6) is 0.0773. The number of hydrogen-bond acceptors (Lipinski definition) is 2. The molecule has 0 bridgehead atoms. The van der Waals surface area contributed by atoms with Crippen molar-refractivity contribution in [3.05, 3.63) is 221 Å². The highest BCUT2D eigenvalue weighted by atomic mass is 16.1. The zero-order valence-electron chi connectivity index (χ0n) is 27.8. The molecule has 0 saturated heterocycles. The van der Waals surface area contributed by atoms with E-state index in [-0.39, 0.29) is 5.78 Å². The average Bonchev–Trinajstić information content (AvgIpc) is 3.51. The maximum absolute atomic E-state index is 14.0. The second-order valence-corrected chi connectivity index (χ2v) is 13.4. The molecule has 2 nitrogen and oxygen atoms in total. The SMILES string of the molecule is O=C1c2ccccc2C2(c3ccccc31)c1ccccc1-c1c(-c3cc(-c4cccc(-c5ccccc5)c4)cc(-c4ccccc4)n3)cccc12. The van der Waals surface area contributed by atoms with E-state index in [9.17, 15) is 4.79 Å². The standard InChI is InChI=1S/C49H31NO/c51-48-38-22-8-11-26-42(38)49(43-27-12-9-23-39(43)48)41-25-10-7-21-37(41)47-40(24-14-28-44(47)49)46-31-36(30-45(50-46)33-17-5-2-6-18-33)35-20-13-19-34(29-35)32-15-3-1-4-16-32/h1-31H. The first-order valence-electron chi connectivity index (χ1n) is 17.4. The normalized spacial score (nSPS) is 13.3. The maximum atomic E-state index is 14.0. The van der Waals surface area contributed by atoms with Crippen LogP contribution in [0.25, 0.3) is 55.9 Å². The Hall–Kier alpha value is -6.64. The molecule has 238 valence electrons. The van der Waals surface area contributed by atoms with E-state index in [1.165, 1.54) is 27.8 Å². The van der Waals surface area contributed by atoms with Gasteiger partial charge in [0.15, 0.2) is 5.78 Å². The molecule has 0 N–H and O–H groups in total. The third-order valence-corrected chi connectivity index (χ3v) is 10.7. The molecular weight excluding hydrogens is 619 g/mol. The van der Waals surface area contributed by atoms with E-state index < -0.39 is 5.41 Å². The summed E-state index contributed by atoms with van der Waals surface area (Å²) in [4.78, 5) is 19.4. The molecule has 51 heavy (non-hydrogen) atoms. The van der Waals surface area contributed by atoms with Crippen molar-refractivity contribution in [2.45, 2.75) is 5.41 Å². The van der Waals surface area contributed by atoms with E-state index in [4.69, 9.17) is 4.98 Å². The van der Waals surface area contributed by atoms with Crippen molar-refractivity contribution in [3.63, 3.8) is 0 Å². The molecule has 1 spiro atoms. The monoisotopic (exact) mass is 649 g/mol. The van der Waals surface area contributed by atoms with Crippen molar-refractivity contribution >= 4 is 5.78 Å². The second kappa shape index (κ2) is 11.5. The summed E-state index contributed by atoms with van der Waals surface area (Å²) in [5.41, 5.74) is 16.2. The smallest absolute Gasteiger partial charge is 0.193 e. The minimum atomic E-state index is -0.646. The lowest BCUT2D eigenvalue weighted by molar-refractivity contribution is 0.103. The lowest BCUT2D eigenvalue weighted by Crippen LogP contribution is -2.36. The molecule has 2 aliphatic carbocycles. The van der Waals surface area contributed by atoms with Gasteiger partial charge in [0.2, 0.25) is 0 Å². The Morgan fingerprint density at radius 3 is 1.45 bits per heavy atom. The van der Waals surface area contributed by atoms with Gasteiger partial charge in [0, 0.05) is 22.3 Å². The number of carbonyl (C=O) groups is 1. The van der Waals surface area contributed by atoms with Crippen LogP contribution in [0.15, 0.2) is 188 Å². The molecule has 0 aliphatic heterocycles. The van der Waals surface area contributed by atoms with Crippen molar-refractivity contribution in [3.8, 4) is 55.9 Å². The number of rotatable bonds is 4.